The number of hydrogen-bond acceptors (Lipinski definition) is 2. The third kappa shape index (κ3) is 3.31. The number of ether oxygens (including phenoxy) is 2. The van der Waals surface area contributed by atoms with Gasteiger partial charge in [-0.3, -0.25) is 0 Å². The van der Waals surface area contributed by atoms with Crippen molar-refractivity contribution in [1.82, 2.24) is 0 Å². The van der Waals surface area contributed by atoms with E-state index in [1.54, 1.807) is 14.2 Å². The second-order valence-corrected chi connectivity index (χ2v) is 4.25. The molecule has 1 atom stereocenters. The summed E-state index contributed by atoms with van der Waals surface area (Å²) in [6.07, 6.45) is 3.30. The largest absolute Gasteiger partial charge is 0.493 e. The zero-order chi connectivity index (χ0) is 12.0. The second kappa shape index (κ2) is 6.64. The summed E-state index contributed by atoms with van der Waals surface area (Å²) >= 11 is 6.31. The zero-order valence-corrected chi connectivity index (χ0v) is 10.9. The third-order valence-corrected chi connectivity index (χ3v) is 3.05. The van der Waals surface area contributed by atoms with Crippen molar-refractivity contribution < 1.29 is 9.47 Å². The van der Waals surface area contributed by atoms with Gasteiger partial charge in [0.15, 0.2) is 11.5 Å². The van der Waals surface area contributed by atoms with Crippen LogP contribution in [0, 0.1) is 0 Å². The Bertz CT molecular complexity index is 326. The zero-order valence-electron chi connectivity index (χ0n) is 10.1. The quantitative estimate of drug-likeness (QED) is 0.697. The number of hydrogen-bond donors (Lipinski definition) is 0. The Morgan fingerprint density at radius 1 is 1.19 bits per heavy atom. The fraction of sp³-hybridized carbons (Fsp3) is 0.538. The van der Waals surface area contributed by atoms with Gasteiger partial charge in [0.1, 0.15) is 0 Å². The molecule has 0 spiro atoms. The van der Waals surface area contributed by atoms with Crippen LogP contribution in [0.3, 0.4) is 0 Å². The van der Waals surface area contributed by atoms with Crippen molar-refractivity contribution in [2.24, 2.45) is 0 Å². The summed E-state index contributed by atoms with van der Waals surface area (Å²) in [6, 6.07) is 5.84. The van der Waals surface area contributed by atoms with Gasteiger partial charge in [-0.25, -0.2) is 0 Å². The highest BCUT2D eigenvalue weighted by Gasteiger charge is 2.11. The summed E-state index contributed by atoms with van der Waals surface area (Å²) in [7, 11) is 3.27. The van der Waals surface area contributed by atoms with Crippen LogP contribution in [0.15, 0.2) is 18.2 Å². The molecular formula is C13H19ClO2. The minimum atomic E-state index is 0.0553. The van der Waals surface area contributed by atoms with Crippen LogP contribution in [-0.4, -0.2) is 14.2 Å². The van der Waals surface area contributed by atoms with Crippen LogP contribution in [0.2, 0.25) is 0 Å². The lowest BCUT2D eigenvalue weighted by molar-refractivity contribution is 0.354. The Morgan fingerprint density at radius 2 is 1.88 bits per heavy atom. The summed E-state index contributed by atoms with van der Waals surface area (Å²) in [5.41, 5.74) is 1.09. The van der Waals surface area contributed by atoms with Crippen LogP contribution >= 0.6 is 11.6 Å². The molecule has 3 heteroatoms. The van der Waals surface area contributed by atoms with Crippen LogP contribution in [0.4, 0.5) is 0 Å². The monoisotopic (exact) mass is 242 g/mol. The predicted molar refractivity (Wildman–Crippen MR) is 67.7 cm³/mol. The van der Waals surface area contributed by atoms with E-state index in [2.05, 4.69) is 6.92 Å². The highest BCUT2D eigenvalue weighted by molar-refractivity contribution is 6.20. The van der Waals surface area contributed by atoms with Crippen molar-refractivity contribution >= 4 is 11.6 Å². The van der Waals surface area contributed by atoms with Gasteiger partial charge in [-0.05, 0) is 24.1 Å². The lowest BCUT2D eigenvalue weighted by Gasteiger charge is -2.13. The molecule has 1 rings (SSSR count). The van der Waals surface area contributed by atoms with Crippen molar-refractivity contribution in [3.8, 4) is 11.5 Å². The van der Waals surface area contributed by atoms with Crippen molar-refractivity contribution in [3.63, 3.8) is 0 Å². The van der Waals surface area contributed by atoms with Crippen molar-refractivity contribution in [3.05, 3.63) is 23.8 Å². The molecule has 0 fully saturated rings. The molecule has 0 aliphatic heterocycles. The number of methoxy groups -OCH3 is 2. The van der Waals surface area contributed by atoms with E-state index >= 15 is 0 Å². The van der Waals surface area contributed by atoms with Gasteiger partial charge in [-0.1, -0.05) is 25.8 Å². The Labute approximate surface area is 103 Å². The van der Waals surface area contributed by atoms with Gasteiger partial charge in [-0.2, -0.15) is 0 Å². The molecule has 1 aromatic carbocycles. The number of alkyl halides is 1. The Kier molecular flexibility index (Phi) is 5.47. The lowest BCUT2D eigenvalue weighted by atomic mass is 10.1. The molecule has 0 saturated carbocycles. The number of rotatable bonds is 6. The normalized spacial score (nSPS) is 12.2. The summed E-state index contributed by atoms with van der Waals surface area (Å²) < 4.78 is 10.4. The van der Waals surface area contributed by atoms with E-state index in [1.807, 2.05) is 18.2 Å². The third-order valence-electron chi connectivity index (χ3n) is 2.58. The van der Waals surface area contributed by atoms with E-state index in [9.17, 15) is 0 Å². The molecule has 90 valence electrons. The number of halogens is 1. The van der Waals surface area contributed by atoms with Crippen molar-refractivity contribution in [1.29, 1.82) is 0 Å². The van der Waals surface area contributed by atoms with Crippen LogP contribution < -0.4 is 9.47 Å². The molecule has 0 amide bonds. The maximum atomic E-state index is 6.31. The number of unbranched alkanes of at least 4 members (excludes halogenated alkanes) is 1. The highest BCUT2D eigenvalue weighted by Crippen LogP contribution is 2.34. The van der Waals surface area contributed by atoms with E-state index in [1.165, 1.54) is 0 Å². The molecule has 0 aliphatic carbocycles. The predicted octanol–water partition coefficient (Wildman–Crippen LogP) is 4.17. The van der Waals surface area contributed by atoms with Gasteiger partial charge in [0.05, 0.1) is 19.6 Å². The first-order valence-corrected chi connectivity index (χ1v) is 6.02. The standard InChI is InChI=1S/C13H19ClO2/c1-4-5-6-11(14)10-7-8-12(15-2)13(9-10)16-3/h7-9,11H,4-6H2,1-3H3. The van der Waals surface area contributed by atoms with Crippen LogP contribution in [0.25, 0.3) is 0 Å². The fourth-order valence-electron chi connectivity index (χ4n) is 1.60. The smallest absolute Gasteiger partial charge is 0.161 e. The summed E-state index contributed by atoms with van der Waals surface area (Å²) in [5, 5.41) is 0.0553. The molecular weight excluding hydrogens is 224 g/mol. The van der Waals surface area contributed by atoms with Crippen molar-refractivity contribution in [2.75, 3.05) is 14.2 Å². The molecule has 2 nitrogen and oxygen atoms in total. The molecule has 16 heavy (non-hydrogen) atoms. The molecule has 1 aromatic rings. The van der Waals surface area contributed by atoms with E-state index in [0.29, 0.717) is 0 Å². The SMILES string of the molecule is CCCCC(Cl)c1ccc(OC)c(OC)c1. The van der Waals surface area contributed by atoms with E-state index in [4.69, 9.17) is 21.1 Å². The fourth-order valence-corrected chi connectivity index (χ4v) is 1.89. The number of benzene rings is 1. The molecule has 0 aromatic heterocycles. The average Bonchev–Trinajstić information content (AvgIpc) is 2.34. The topological polar surface area (TPSA) is 18.5 Å². The molecule has 0 heterocycles. The molecule has 0 saturated heterocycles. The Balaban J connectivity index is 2.81. The van der Waals surface area contributed by atoms with Crippen molar-refractivity contribution in [2.45, 2.75) is 31.6 Å². The maximum Gasteiger partial charge on any atom is 0.161 e. The van der Waals surface area contributed by atoms with Gasteiger partial charge in [-0.15, -0.1) is 11.6 Å². The Hall–Kier alpha value is -0.890. The van der Waals surface area contributed by atoms with Crippen LogP contribution in [0.1, 0.15) is 37.1 Å². The summed E-state index contributed by atoms with van der Waals surface area (Å²) in [5.74, 6) is 1.48. The first kappa shape index (κ1) is 13.2. The van der Waals surface area contributed by atoms with Gasteiger partial charge < -0.3 is 9.47 Å². The first-order chi connectivity index (χ1) is 7.72. The minimum Gasteiger partial charge on any atom is -0.493 e. The summed E-state index contributed by atoms with van der Waals surface area (Å²) in [4.78, 5) is 0. The van der Waals surface area contributed by atoms with Gasteiger partial charge in [0.25, 0.3) is 0 Å². The van der Waals surface area contributed by atoms with Crippen LogP contribution in [0.5, 0.6) is 11.5 Å². The molecule has 0 N–H and O–H groups in total. The highest BCUT2D eigenvalue weighted by atomic mass is 35.5. The Morgan fingerprint density at radius 3 is 2.44 bits per heavy atom. The van der Waals surface area contributed by atoms with Gasteiger partial charge in [0, 0.05) is 0 Å². The molecule has 1 unspecified atom stereocenters. The maximum absolute atomic E-state index is 6.31. The van der Waals surface area contributed by atoms with Crippen LogP contribution in [-0.2, 0) is 0 Å². The second-order valence-electron chi connectivity index (χ2n) is 3.72. The summed E-state index contributed by atoms with van der Waals surface area (Å²) in [6.45, 7) is 2.16. The minimum absolute atomic E-state index is 0.0553. The van der Waals surface area contributed by atoms with E-state index in [0.717, 1.165) is 36.3 Å². The van der Waals surface area contributed by atoms with Gasteiger partial charge >= 0.3 is 0 Å². The van der Waals surface area contributed by atoms with Gasteiger partial charge in [0.2, 0.25) is 0 Å². The van der Waals surface area contributed by atoms with E-state index in [-0.39, 0.29) is 5.38 Å². The average molecular weight is 243 g/mol. The molecule has 0 bridgehead atoms. The first-order valence-electron chi connectivity index (χ1n) is 5.59. The molecule has 0 radical (unpaired) electrons. The lowest BCUT2D eigenvalue weighted by Crippen LogP contribution is -1.95. The van der Waals surface area contributed by atoms with E-state index < -0.39 is 0 Å². The molecule has 0 aliphatic rings.